The first-order valence-electron chi connectivity index (χ1n) is 4.42. The molecule has 0 aromatic rings. The molecular formula is C10H17N. The van der Waals surface area contributed by atoms with Crippen molar-refractivity contribution in [2.45, 2.75) is 38.6 Å². The lowest BCUT2D eigenvalue weighted by Crippen LogP contribution is -2.74. The molecule has 0 saturated heterocycles. The number of rotatable bonds is 2. The van der Waals surface area contributed by atoms with Gasteiger partial charge in [0.2, 0.25) is 0 Å². The Morgan fingerprint density at radius 2 is 1.91 bits per heavy atom. The summed E-state index contributed by atoms with van der Waals surface area (Å²) in [5.41, 5.74) is 8.14. The maximum Gasteiger partial charge on any atom is 0.0171 e. The molecule has 0 heterocycles. The third-order valence-electron chi connectivity index (χ3n) is 3.77. The fourth-order valence-corrected chi connectivity index (χ4v) is 2.93. The van der Waals surface area contributed by atoms with E-state index in [1.807, 2.05) is 0 Å². The largest absolute Gasteiger partial charge is 0.325 e. The molecule has 1 heteroatoms. The molecule has 2 bridgehead atoms. The van der Waals surface area contributed by atoms with Crippen LogP contribution >= 0.6 is 0 Å². The van der Waals surface area contributed by atoms with Crippen molar-refractivity contribution in [2.24, 2.45) is 17.1 Å². The van der Waals surface area contributed by atoms with Crippen molar-refractivity contribution in [1.82, 2.24) is 0 Å². The molecular weight excluding hydrogens is 134 g/mol. The SMILES string of the molecule is C=C(C)C(C)C12CC(N)(C1)C2. The third kappa shape index (κ3) is 0.750. The second kappa shape index (κ2) is 1.71. The van der Waals surface area contributed by atoms with Crippen molar-refractivity contribution in [3.05, 3.63) is 12.2 Å². The highest BCUT2D eigenvalue weighted by Crippen LogP contribution is 2.70. The van der Waals surface area contributed by atoms with Crippen LogP contribution in [-0.4, -0.2) is 5.54 Å². The van der Waals surface area contributed by atoms with E-state index in [2.05, 4.69) is 20.4 Å². The molecule has 62 valence electrons. The van der Waals surface area contributed by atoms with Gasteiger partial charge in [0, 0.05) is 5.54 Å². The molecule has 0 amide bonds. The third-order valence-corrected chi connectivity index (χ3v) is 3.77. The number of hydrogen-bond donors (Lipinski definition) is 1. The molecule has 3 aliphatic rings. The van der Waals surface area contributed by atoms with Crippen LogP contribution < -0.4 is 5.73 Å². The summed E-state index contributed by atoms with van der Waals surface area (Å²) in [4.78, 5) is 0. The van der Waals surface area contributed by atoms with Crippen LogP contribution in [0.4, 0.5) is 0 Å². The molecule has 1 nitrogen and oxygen atoms in total. The van der Waals surface area contributed by atoms with Gasteiger partial charge in [-0.1, -0.05) is 19.1 Å². The molecule has 3 saturated carbocycles. The zero-order valence-corrected chi connectivity index (χ0v) is 7.48. The zero-order chi connectivity index (χ0) is 8.28. The van der Waals surface area contributed by atoms with Crippen molar-refractivity contribution in [3.8, 4) is 0 Å². The van der Waals surface area contributed by atoms with Gasteiger partial charge in [0.25, 0.3) is 0 Å². The average Bonchev–Trinajstić information content (AvgIpc) is 1.77. The van der Waals surface area contributed by atoms with Gasteiger partial charge >= 0.3 is 0 Å². The first kappa shape index (κ1) is 7.35. The second-order valence-corrected chi connectivity index (χ2v) is 4.82. The van der Waals surface area contributed by atoms with Gasteiger partial charge in [-0.25, -0.2) is 0 Å². The van der Waals surface area contributed by atoms with Crippen molar-refractivity contribution in [1.29, 1.82) is 0 Å². The van der Waals surface area contributed by atoms with Crippen molar-refractivity contribution < 1.29 is 0 Å². The minimum absolute atomic E-state index is 0.254. The standard InChI is InChI=1S/C10H17N/c1-7(2)8(3)9-4-10(11,5-9)6-9/h8H,1,4-6,11H2,2-3H3. The topological polar surface area (TPSA) is 26.0 Å². The quantitative estimate of drug-likeness (QED) is 0.601. The van der Waals surface area contributed by atoms with E-state index in [1.165, 1.54) is 24.8 Å². The van der Waals surface area contributed by atoms with Crippen LogP contribution in [0.2, 0.25) is 0 Å². The average molecular weight is 151 g/mol. The van der Waals surface area contributed by atoms with Gasteiger partial charge < -0.3 is 5.73 Å². The molecule has 11 heavy (non-hydrogen) atoms. The maximum absolute atomic E-state index is 5.98. The van der Waals surface area contributed by atoms with Crippen molar-refractivity contribution >= 4 is 0 Å². The van der Waals surface area contributed by atoms with E-state index in [-0.39, 0.29) is 5.54 Å². The van der Waals surface area contributed by atoms with E-state index in [4.69, 9.17) is 5.73 Å². The van der Waals surface area contributed by atoms with Crippen LogP contribution in [0.15, 0.2) is 12.2 Å². The van der Waals surface area contributed by atoms with Gasteiger partial charge in [-0.2, -0.15) is 0 Å². The molecule has 1 atom stereocenters. The fraction of sp³-hybridized carbons (Fsp3) is 0.800. The predicted molar refractivity (Wildman–Crippen MR) is 47.2 cm³/mol. The Morgan fingerprint density at radius 3 is 2.18 bits per heavy atom. The monoisotopic (exact) mass is 151 g/mol. The summed E-state index contributed by atoms with van der Waals surface area (Å²) < 4.78 is 0. The summed E-state index contributed by atoms with van der Waals surface area (Å²) in [7, 11) is 0. The normalized spacial score (nSPS) is 49.0. The number of allylic oxidation sites excluding steroid dienone is 1. The van der Waals surface area contributed by atoms with Gasteiger partial charge in [0.15, 0.2) is 0 Å². The highest BCUT2D eigenvalue weighted by Gasteiger charge is 2.67. The highest BCUT2D eigenvalue weighted by molar-refractivity contribution is 5.26. The van der Waals surface area contributed by atoms with E-state index in [1.54, 1.807) is 0 Å². The molecule has 0 spiro atoms. The molecule has 0 radical (unpaired) electrons. The fourth-order valence-electron chi connectivity index (χ4n) is 2.93. The van der Waals surface area contributed by atoms with E-state index in [0.717, 1.165) is 0 Å². The molecule has 3 rings (SSSR count). The van der Waals surface area contributed by atoms with E-state index in [9.17, 15) is 0 Å². The van der Waals surface area contributed by atoms with E-state index in [0.29, 0.717) is 11.3 Å². The lowest BCUT2D eigenvalue weighted by Gasteiger charge is -2.71. The molecule has 2 N–H and O–H groups in total. The van der Waals surface area contributed by atoms with E-state index >= 15 is 0 Å². The van der Waals surface area contributed by atoms with Gasteiger partial charge in [-0.15, -0.1) is 0 Å². The molecule has 3 aliphatic carbocycles. The smallest absolute Gasteiger partial charge is 0.0171 e. The molecule has 0 aromatic carbocycles. The van der Waals surface area contributed by atoms with Crippen LogP contribution in [-0.2, 0) is 0 Å². The summed E-state index contributed by atoms with van der Waals surface area (Å²) >= 11 is 0. The van der Waals surface area contributed by atoms with Gasteiger partial charge in [0.05, 0.1) is 0 Å². The van der Waals surface area contributed by atoms with Gasteiger partial charge in [-0.3, -0.25) is 0 Å². The molecule has 1 unspecified atom stereocenters. The van der Waals surface area contributed by atoms with Crippen LogP contribution in [0.5, 0.6) is 0 Å². The summed E-state index contributed by atoms with van der Waals surface area (Å²) in [6.07, 6.45) is 3.73. The Morgan fingerprint density at radius 1 is 1.45 bits per heavy atom. The molecule has 0 aliphatic heterocycles. The Balaban J connectivity index is 2.04. The predicted octanol–water partition coefficient (Wildman–Crippen LogP) is 2.08. The Labute approximate surface area is 68.7 Å². The number of nitrogens with two attached hydrogens (primary N) is 1. The first-order valence-corrected chi connectivity index (χ1v) is 4.42. The molecule has 0 aromatic heterocycles. The van der Waals surface area contributed by atoms with Crippen LogP contribution in [0.3, 0.4) is 0 Å². The zero-order valence-electron chi connectivity index (χ0n) is 7.48. The summed E-state index contributed by atoms with van der Waals surface area (Å²) in [5, 5.41) is 0. The van der Waals surface area contributed by atoms with Gasteiger partial charge in [0.1, 0.15) is 0 Å². The van der Waals surface area contributed by atoms with Gasteiger partial charge in [-0.05, 0) is 37.5 Å². The Hall–Kier alpha value is -0.300. The van der Waals surface area contributed by atoms with E-state index < -0.39 is 0 Å². The summed E-state index contributed by atoms with van der Waals surface area (Å²) in [6, 6.07) is 0. The number of hydrogen-bond acceptors (Lipinski definition) is 1. The van der Waals surface area contributed by atoms with Crippen LogP contribution in [0.1, 0.15) is 33.1 Å². The van der Waals surface area contributed by atoms with Crippen LogP contribution in [0.25, 0.3) is 0 Å². The highest BCUT2D eigenvalue weighted by atomic mass is 14.9. The molecule has 3 fully saturated rings. The summed E-state index contributed by atoms with van der Waals surface area (Å²) in [5.74, 6) is 0.688. The van der Waals surface area contributed by atoms with Crippen molar-refractivity contribution in [3.63, 3.8) is 0 Å². The summed E-state index contributed by atoms with van der Waals surface area (Å²) in [6.45, 7) is 8.44. The lowest BCUT2D eigenvalue weighted by molar-refractivity contribution is -0.158. The van der Waals surface area contributed by atoms with Crippen molar-refractivity contribution in [2.75, 3.05) is 0 Å². The Bertz CT molecular complexity index is 197. The Kier molecular flexibility index (Phi) is 1.15. The maximum atomic E-state index is 5.98. The second-order valence-electron chi connectivity index (χ2n) is 4.82. The lowest BCUT2D eigenvalue weighted by atomic mass is 9.36. The first-order chi connectivity index (χ1) is 4.98. The minimum Gasteiger partial charge on any atom is -0.325 e. The minimum atomic E-state index is 0.254. The van der Waals surface area contributed by atoms with Crippen LogP contribution in [0, 0.1) is 11.3 Å².